The van der Waals surface area contributed by atoms with Gasteiger partial charge in [0.05, 0.1) is 17.2 Å². The molecule has 2 rings (SSSR count). The molecule has 0 saturated carbocycles. The molecule has 20 heavy (non-hydrogen) atoms. The van der Waals surface area contributed by atoms with Gasteiger partial charge < -0.3 is 4.74 Å². The van der Waals surface area contributed by atoms with Crippen LogP contribution in [0, 0.1) is 16.0 Å². The number of ether oxygens (including phenoxy) is 1. The fourth-order valence-electron chi connectivity index (χ4n) is 1.71. The van der Waals surface area contributed by atoms with Crippen LogP contribution in [0.2, 0.25) is 0 Å². The summed E-state index contributed by atoms with van der Waals surface area (Å²) in [5.74, 6) is 1.16. The molecule has 0 fully saturated rings. The van der Waals surface area contributed by atoms with E-state index < -0.39 is 4.92 Å². The van der Waals surface area contributed by atoms with Crippen molar-refractivity contribution < 1.29 is 9.66 Å². The lowest BCUT2D eigenvalue weighted by molar-refractivity contribution is -0.385. The van der Waals surface area contributed by atoms with Gasteiger partial charge in [0.25, 0.3) is 5.69 Å². The maximum absolute atomic E-state index is 10.6. The van der Waals surface area contributed by atoms with Gasteiger partial charge in [0, 0.05) is 11.6 Å². The molecule has 0 saturated heterocycles. The largest absolute Gasteiger partial charge is 0.493 e. The minimum atomic E-state index is -0.460. The molecule has 0 aliphatic heterocycles. The second-order valence-corrected chi connectivity index (χ2v) is 4.86. The summed E-state index contributed by atoms with van der Waals surface area (Å²) < 4.78 is 5.76. The maximum atomic E-state index is 10.6. The number of nitrogens with zero attached hydrogens (tertiary/aromatic N) is 2. The highest BCUT2D eigenvalue weighted by molar-refractivity contribution is 5.67. The van der Waals surface area contributed by atoms with Gasteiger partial charge >= 0.3 is 0 Å². The number of para-hydroxylation sites is 1. The number of hydrogen-bond acceptors (Lipinski definition) is 4. The second-order valence-electron chi connectivity index (χ2n) is 4.86. The third kappa shape index (κ3) is 3.32. The lowest BCUT2D eigenvalue weighted by Gasteiger charge is -2.12. The molecule has 1 aromatic heterocycles. The highest BCUT2D eigenvalue weighted by atomic mass is 16.6. The average Bonchev–Trinajstić information content (AvgIpc) is 2.45. The Morgan fingerprint density at radius 2 is 2.00 bits per heavy atom. The van der Waals surface area contributed by atoms with Crippen LogP contribution < -0.4 is 4.74 Å². The van der Waals surface area contributed by atoms with E-state index in [0.717, 1.165) is 11.3 Å². The molecule has 0 spiro atoms. The normalized spacial score (nSPS) is 10.6. The van der Waals surface area contributed by atoms with E-state index in [-0.39, 0.29) is 5.69 Å². The van der Waals surface area contributed by atoms with Crippen molar-refractivity contribution in [3.8, 4) is 17.0 Å². The van der Waals surface area contributed by atoms with Gasteiger partial charge in [-0.2, -0.15) is 0 Å². The van der Waals surface area contributed by atoms with E-state index in [1.54, 1.807) is 6.07 Å². The monoisotopic (exact) mass is 272 g/mol. The minimum absolute atomic E-state index is 0.0191. The number of pyridine rings is 1. The van der Waals surface area contributed by atoms with E-state index in [0.29, 0.717) is 18.2 Å². The predicted octanol–water partition coefficient (Wildman–Crippen LogP) is 3.69. The quantitative estimate of drug-likeness (QED) is 0.615. The van der Waals surface area contributed by atoms with E-state index in [1.165, 1.54) is 12.3 Å². The summed E-state index contributed by atoms with van der Waals surface area (Å²) >= 11 is 0. The Morgan fingerprint density at radius 1 is 1.25 bits per heavy atom. The van der Waals surface area contributed by atoms with E-state index in [2.05, 4.69) is 18.8 Å². The van der Waals surface area contributed by atoms with Crippen LogP contribution in [0.3, 0.4) is 0 Å². The van der Waals surface area contributed by atoms with Crippen molar-refractivity contribution in [2.45, 2.75) is 13.8 Å². The third-order valence-electron chi connectivity index (χ3n) is 2.69. The molecule has 0 bridgehead atoms. The lowest BCUT2D eigenvalue weighted by Crippen LogP contribution is -2.05. The summed E-state index contributed by atoms with van der Waals surface area (Å²) in [4.78, 5) is 14.3. The number of aromatic nitrogens is 1. The van der Waals surface area contributed by atoms with E-state index in [9.17, 15) is 10.1 Å². The zero-order valence-corrected chi connectivity index (χ0v) is 11.4. The Balaban J connectivity index is 2.29. The van der Waals surface area contributed by atoms with Gasteiger partial charge in [0.15, 0.2) is 0 Å². The molecule has 5 heteroatoms. The number of benzene rings is 1. The van der Waals surface area contributed by atoms with Crippen molar-refractivity contribution in [2.24, 2.45) is 5.92 Å². The van der Waals surface area contributed by atoms with Gasteiger partial charge in [-0.15, -0.1) is 0 Å². The highest BCUT2D eigenvalue weighted by Crippen LogP contribution is 2.29. The Bertz CT molecular complexity index is 594. The second kappa shape index (κ2) is 6.14. The number of hydrogen-bond donors (Lipinski definition) is 0. The zero-order valence-electron chi connectivity index (χ0n) is 11.4. The smallest absolute Gasteiger partial charge is 0.287 e. The molecule has 0 radical (unpaired) electrons. The van der Waals surface area contributed by atoms with Gasteiger partial charge in [0.1, 0.15) is 11.9 Å². The SMILES string of the molecule is CC(C)COc1ccccc1-c1ccc([N+](=O)[O-])cn1. The van der Waals surface area contributed by atoms with Crippen LogP contribution in [0.4, 0.5) is 5.69 Å². The molecule has 1 heterocycles. The van der Waals surface area contributed by atoms with E-state index >= 15 is 0 Å². The Kier molecular flexibility index (Phi) is 4.30. The first-order valence-corrected chi connectivity index (χ1v) is 6.40. The fraction of sp³-hybridized carbons (Fsp3) is 0.267. The van der Waals surface area contributed by atoms with Gasteiger partial charge in [-0.05, 0) is 24.1 Å². The summed E-state index contributed by atoms with van der Waals surface area (Å²) in [7, 11) is 0. The summed E-state index contributed by atoms with van der Waals surface area (Å²) in [5, 5.41) is 10.6. The fourth-order valence-corrected chi connectivity index (χ4v) is 1.71. The first kappa shape index (κ1) is 14.0. The average molecular weight is 272 g/mol. The van der Waals surface area contributed by atoms with Gasteiger partial charge in [-0.25, -0.2) is 4.98 Å². The first-order valence-electron chi connectivity index (χ1n) is 6.40. The Hall–Kier alpha value is -2.43. The first-order chi connectivity index (χ1) is 9.58. The van der Waals surface area contributed by atoms with Crippen molar-refractivity contribution in [3.05, 3.63) is 52.7 Å². The van der Waals surface area contributed by atoms with Gasteiger partial charge in [-0.3, -0.25) is 10.1 Å². The summed E-state index contributed by atoms with van der Waals surface area (Å²) in [6.45, 7) is 4.77. The molecule has 0 aliphatic rings. The van der Waals surface area contributed by atoms with Crippen molar-refractivity contribution >= 4 is 5.69 Å². The standard InChI is InChI=1S/C15H16N2O3/c1-11(2)10-20-15-6-4-3-5-13(15)14-8-7-12(9-16-14)17(18)19/h3-9,11H,10H2,1-2H3. The number of rotatable bonds is 5. The zero-order chi connectivity index (χ0) is 14.5. The van der Waals surface area contributed by atoms with Crippen LogP contribution in [0.5, 0.6) is 5.75 Å². The van der Waals surface area contributed by atoms with E-state index in [1.807, 2.05) is 24.3 Å². The topological polar surface area (TPSA) is 65.3 Å². The molecule has 5 nitrogen and oxygen atoms in total. The predicted molar refractivity (Wildman–Crippen MR) is 76.7 cm³/mol. The van der Waals surface area contributed by atoms with Crippen LogP contribution in [0.15, 0.2) is 42.6 Å². The molecule has 104 valence electrons. The molecule has 0 atom stereocenters. The molecule has 0 aliphatic carbocycles. The molecule has 1 aromatic carbocycles. The molecule has 0 unspecified atom stereocenters. The summed E-state index contributed by atoms with van der Waals surface area (Å²) in [5.41, 5.74) is 1.48. The van der Waals surface area contributed by atoms with Crippen LogP contribution in [-0.4, -0.2) is 16.5 Å². The van der Waals surface area contributed by atoms with E-state index in [4.69, 9.17) is 4.74 Å². The van der Waals surface area contributed by atoms with Crippen LogP contribution in [0.1, 0.15) is 13.8 Å². The van der Waals surface area contributed by atoms with Gasteiger partial charge in [-0.1, -0.05) is 26.0 Å². The molecule has 2 aromatic rings. The number of nitro groups is 1. The highest BCUT2D eigenvalue weighted by Gasteiger charge is 2.10. The summed E-state index contributed by atoms with van der Waals surface area (Å²) in [6, 6.07) is 10.6. The molecule has 0 amide bonds. The van der Waals surface area contributed by atoms with Crippen LogP contribution >= 0.6 is 0 Å². The van der Waals surface area contributed by atoms with Crippen molar-refractivity contribution in [3.63, 3.8) is 0 Å². The van der Waals surface area contributed by atoms with Crippen LogP contribution in [-0.2, 0) is 0 Å². The Morgan fingerprint density at radius 3 is 2.60 bits per heavy atom. The van der Waals surface area contributed by atoms with Crippen molar-refractivity contribution in [2.75, 3.05) is 6.61 Å². The molecular formula is C15H16N2O3. The Labute approximate surface area is 117 Å². The van der Waals surface area contributed by atoms with Crippen molar-refractivity contribution in [1.82, 2.24) is 4.98 Å². The minimum Gasteiger partial charge on any atom is -0.493 e. The van der Waals surface area contributed by atoms with Crippen LogP contribution in [0.25, 0.3) is 11.3 Å². The van der Waals surface area contributed by atoms with Gasteiger partial charge in [0.2, 0.25) is 0 Å². The lowest BCUT2D eigenvalue weighted by atomic mass is 10.1. The summed E-state index contributed by atoms with van der Waals surface area (Å²) in [6.07, 6.45) is 1.26. The maximum Gasteiger partial charge on any atom is 0.287 e. The third-order valence-corrected chi connectivity index (χ3v) is 2.69. The molecule has 0 N–H and O–H groups in total. The van der Waals surface area contributed by atoms with Crippen molar-refractivity contribution in [1.29, 1.82) is 0 Å². The molecular weight excluding hydrogens is 256 g/mol.